The Morgan fingerprint density at radius 3 is 2.20 bits per heavy atom. The molecule has 1 atom stereocenters. The fourth-order valence-electron chi connectivity index (χ4n) is 2.57. The monoisotopic (exact) mass is 356 g/mol. The third-order valence-electron chi connectivity index (χ3n) is 3.80. The molecule has 0 aromatic heterocycles. The van der Waals surface area contributed by atoms with E-state index in [-0.39, 0.29) is 16.8 Å². The van der Waals surface area contributed by atoms with E-state index in [0.717, 1.165) is 7.05 Å². The Hall–Kier alpha value is -2.61. The van der Waals surface area contributed by atoms with E-state index < -0.39 is 40.1 Å². The first-order valence-electron chi connectivity index (χ1n) is 7.03. The van der Waals surface area contributed by atoms with Crippen molar-refractivity contribution in [3.63, 3.8) is 0 Å². The molecule has 8 heteroatoms. The van der Waals surface area contributed by atoms with Crippen LogP contribution in [0.3, 0.4) is 0 Å². The molecule has 1 heterocycles. The van der Waals surface area contributed by atoms with Crippen molar-refractivity contribution in [2.75, 3.05) is 7.05 Å². The first-order valence-corrected chi connectivity index (χ1v) is 7.03. The van der Waals surface area contributed by atoms with Crippen molar-refractivity contribution in [3.05, 3.63) is 65.9 Å². The number of para-hydroxylation sites is 1. The van der Waals surface area contributed by atoms with E-state index in [1.54, 1.807) is 0 Å². The van der Waals surface area contributed by atoms with Gasteiger partial charge in [0.1, 0.15) is 18.9 Å². The molecular formula is C17H10F6N2+. The third kappa shape index (κ3) is 2.82. The highest BCUT2D eigenvalue weighted by atomic mass is 19.3. The maximum Gasteiger partial charge on any atom is 0.327 e. The lowest BCUT2D eigenvalue weighted by atomic mass is 10.0. The first kappa shape index (κ1) is 17.2. The predicted octanol–water partition coefficient (Wildman–Crippen LogP) is 4.96. The van der Waals surface area contributed by atoms with Gasteiger partial charge in [0.15, 0.2) is 23.0 Å². The van der Waals surface area contributed by atoms with Crippen molar-refractivity contribution in [3.8, 4) is 11.1 Å². The fourth-order valence-corrected chi connectivity index (χ4v) is 2.57. The second-order valence-electron chi connectivity index (χ2n) is 5.42. The van der Waals surface area contributed by atoms with E-state index in [0.29, 0.717) is 12.1 Å². The van der Waals surface area contributed by atoms with Crippen LogP contribution in [0.5, 0.6) is 0 Å². The maximum absolute atomic E-state index is 14.3. The van der Waals surface area contributed by atoms with E-state index in [1.165, 1.54) is 24.3 Å². The lowest BCUT2D eigenvalue weighted by Crippen LogP contribution is -2.35. The Balaban J connectivity index is 2.22. The number of nitrogens with zero attached hydrogens (tertiary/aromatic N) is 2. The van der Waals surface area contributed by atoms with Crippen LogP contribution in [0.15, 0.2) is 47.5 Å². The molecule has 0 bridgehead atoms. The summed E-state index contributed by atoms with van der Waals surface area (Å²) in [5.74, 6) is -4.89. The van der Waals surface area contributed by atoms with Gasteiger partial charge in [0.05, 0.1) is 0 Å². The summed E-state index contributed by atoms with van der Waals surface area (Å²) in [6.45, 7) is 0. The van der Waals surface area contributed by atoms with E-state index >= 15 is 0 Å². The van der Waals surface area contributed by atoms with Crippen molar-refractivity contribution in [2.24, 2.45) is 5.10 Å². The highest BCUT2D eigenvalue weighted by Crippen LogP contribution is 2.41. The third-order valence-corrected chi connectivity index (χ3v) is 3.80. The molecule has 2 nitrogen and oxygen atoms in total. The van der Waals surface area contributed by atoms with Gasteiger partial charge in [-0.2, -0.15) is 0 Å². The van der Waals surface area contributed by atoms with Gasteiger partial charge < -0.3 is 0 Å². The Morgan fingerprint density at radius 1 is 0.920 bits per heavy atom. The Bertz CT molecular complexity index is 906. The molecule has 1 radical (unpaired) electrons. The summed E-state index contributed by atoms with van der Waals surface area (Å²) in [5.41, 5.74) is -1.28. The second kappa shape index (κ2) is 6.03. The lowest BCUT2D eigenvalue weighted by Gasteiger charge is -2.24. The van der Waals surface area contributed by atoms with E-state index in [9.17, 15) is 26.3 Å². The van der Waals surface area contributed by atoms with E-state index in [1.807, 2.05) is 6.08 Å². The van der Waals surface area contributed by atoms with Gasteiger partial charge in [-0.15, -0.1) is 8.98 Å². The number of alkyl halides is 2. The van der Waals surface area contributed by atoms with Crippen molar-refractivity contribution in [1.82, 2.24) is 4.59 Å². The minimum Gasteiger partial charge on any atom is -0.206 e. The van der Waals surface area contributed by atoms with Crippen molar-refractivity contribution in [1.29, 1.82) is 0 Å². The molecule has 0 saturated heterocycles. The average Bonchev–Trinajstić information content (AvgIpc) is 2.88. The van der Waals surface area contributed by atoms with Gasteiger partial charge in [0.25, 0.3) is 6.43 Å². The Kier molecular flexibility index (Phi) is 4.16. The van der Waals surface area contributed by atoms with Crippen LogP contribution in [0.1, 0.15) is 0 Å². The van der Waals surface area contributed by atoms with Gasteiger partial charge in [0.2, 0.25) is 0 Å². The van der Waals surface area contributed by atoms with Crippen LogP contribution in [0.2, 0.25) is 0 Å². The second-order valence-corrected chi connectivity index (χ2v) is 5.42. The molecule has 3 rings (SSSR count). The van der Waals surface area contributed by atoms with Crippen LogP contribution in [0, 0.1) is 23.5 Å². The zero-order valence-corrected chi connectivity index (χ0v) is 12.7. The number of hydrogen-bond donors (Lipinski definition) is 0. The number of halogens is 6. The Morgan fingerprint density at radius 2 is 1.56 bits per heavy atom. The molecule has 25 heavy (non-hydrogen) atoms. The lowest BCUT2D eigenvalue weighted by molar-refractivity contribution is 0.224. The SMILES string of the molecule is C[N+]1(c2ccccc2-c2cc(F)c(F)cc2F)N=C(C(F)F)[C]=C1F. The molecule has 1 unspecified atom stereocenters. The summed E-state index contributed by atoms with van der Waals surface area (Å²) in [6, 6.07) is 6.56. The number of allylic oxidation sites excluding steroid dienone is 1. The van der Waals surface area contributed by atoms with Crippen LogP contribution in [-0.2, 0) is 0 Å². The smallest absolute Gasteiger partial charge is 0.206 e. The normalized spacial score (nSPS) is 20.0. The molecule has 2 aromatic rings. The molecule has 0 spiro atoms. The first-order chi connectivity index (χ1) is 11.7. The number of benzene rings is 2. The molecule has 0 saturated carbocycles. The summed E-state index contributed by atoms with van der Waals surface area (Å²) in [4.78, 5) is 0. The van der Waals surface area contributed by atoms with Gasteiger partial charge in [-0.05, 0) is 12.1 Å². The largest absolute Gasteiger partial charge is 0.327 e. The molecule has 0 N–H and O–H groups in total. The van der Waals surface area contributed by atoms with Crippen molar-refractivity contribution >= 4 is 11.4 Å². The van der Waals surface area contributed by atoms with E-state index in [2.05, 4.69) is 5.10 Å². The quantitative estimate of drug-likeness (QED) is 0.319. The maximum atomic E-state index is 14.3. The predicted molar refractivity (Wildman–Crippen MR) is 80.8 cm³/mol. The molecule has 129 valence electrons. The molecular weight excluding hydrogens is 346 g/mol. The van der Waals surface area contributed by atoms with Crippen LogP contribution >= 0.6 is 0 Å². The molecule has 2 aromatic carbocycles. The van der Waals surface area contributed by atoms with Crippen molar-refractivity contribution in [2.45, 2.75) is 6.43 Å². The summed E-state index contributed by atoms with van der Waals surface area (Å²) in [5, 5.41) is 3.62. The number of hydrogen-bond acceptors (Lipinski definition) is 1. The summed E-state index contributed by atoms with van der Waals surface area (Å²) < 4.78 is 79.7. The molecule has 0 fully saturated rings. The van der Waals surface area contributed by atoms with Gasteiger partial charge in [0, 0.05) is 23.3 Å². The molecule has 1 aliphatic heterocycles. The van der Waals surface area contributed by atoms with E-state index in [4.69, 9.17) is 0 Å². The summed E-state index contributed by atoms with van der Waals surface area (Å²) in [6.07, 6.45) is -1.19. The summed E-state index contributed by atoms with van der Waals surface area (Å²) >= 11 is 0. The molecule has 0 amide bonds. The van der Waals surface area contributed by atoms with Crippen molar-refractivity contribution < 1.29 is 26.3 Å². The minimum atomic E-state index is -3.04. The van der Waals surface area contributed by atoms with Crippen LogP contribution in [0.4, 0.5) is 32.0 Å². The Labute approximate surface area is 138 Å². The van der Waals surface area contributed by atoms with Crippen LogP contribution < -0.4 is 4.59 Å². The number of quaternary nitrogens is 1. The zero-order valence-electron chi connectivity index (χ0n) is 12.7. The molecule has 0 aliphatic carbocycles. The summed E-state index contributed by atoms with van der Waals surface area (Å²) in [7, 11) is 1.16. The zero-order chi connectivity index (χ0) is 18.4. The van der Waals surface area contributed by atoms with Crippen LogP contribution in [0.25, 0.3) is 11.1 Å². The highest BCUT2D eigenvalue weighted by molar-refractivity contribution is 5.97. The fraction of sp³-hybridized carbons (Fsp3) is 0.118. The average molecular weight is 356 g/mol. The topological polar surface area (TPSA) is 12.4 Å². The minimum absolute atomic E-state index is 0.0161. The van der Waals surface area contributed by atoms with Gasteiger partial charge >= 0.3 is 5.95 Å². The standard InChI is InChI=1S/C17H10F6N2/c1-25(16(21)8-14(24-25)17(22)23)15-5-3-2-4-9(15)10-6-12(19)13(20)7-11(10)18/h2-7,17H,1H3/q+1. The van der Waals surface area contributed by atoms with Gasteiger partial charge in [-0.25, -0.2) is 22.0 Å². The molecule has 1 aliphatic rings. The number of rotatable bonds is 3. The highest BCUT2D eigenvalue weighted by Gasteiger charge is 2.42. The van der Waals surface area contributed by atoms with Gasteiger partial charge in [-0.3, -0.25) is 0 Å². The van der Waals surface area contributed by atoms with Gasteiger partial charge in [-0.1, -0.05) is 17.2 Å². The van der Waals surface area contributed by atoms with Crippen LogP contribution in [-0.4, -0.2) is 19.2 Å².